The molecule has 0 aliphatic carbocycles. The summed E-state index contributed by atoms with van der Waals surface area (Å²) in [6, 6.07) is 0. The van der Waals surface area contributed by atoms with Crippen LogP contribution < -0.4 is 5.32 Å². The lowest BCUT2D eigenvalue weighted by Gasteiger charge is -2.31. The second-order valence-electron chi connectivity index (χ2n) is 3.33. The van der Waals surface area contributed by atoms with Gasteiger partial charge in [-0.1, -0.05) is 0 Å². The van der Waals surface area contributed by atoms with Crippen LogP contribution in [0.2, 0.25) is 0 Å². The monoisotopic (exact) mass is 189 g/mol. The Morgan fingerprint density at radius 3 is 2.62 bits per heavy atom. The molecule has 0 aromatic heterocycles. The lowest BCUT2D eigenvalue weighted by atomic mass is 9.94. The molecule has 5 heteroatoms. The number of carboxylic acid groups (broad SMARTS) is 1. The zero-order chi connectivity index (χ0) is 9.73. The molecule has 0 aromatic rings. The van der Waals surface area contributed by atoms with E-state index in [1.54, 1.807) is 0 Å². The predicted octanol–water partition coefficient (Wildman–Crippen LogP) is -0.798. The van der Waals surface area contributed by atoms with Crippen molar-refractivity contribution >= 4 is 5.97 Å². The van der Waals surface area contributed by atoms with Gasteiger partial charge in [-0.15, -0.1) is 0 Å². The number of hydrogen-bond donors (Lipinski definition) is 3. The standard InChI is InChI=1S/C8H15NO4/c10-7(11)5-9-6-8(12)1-3-13-4-2-8/h9,12H,1-6H2,(H,10,11). The van der Waals surface area contributed by atoms with Crippen molar-refractivity contribution < 1.29 is 19.7 Å². The lowest BCUT2D eigenvalue weighted by Crippen LogP contribution is -2.46. The van der Waals surface area contributed by atoms with E-state index in [0.29, 0.717) is 32.6 Å². The van der Waals surface area contributed by atoms with Crippen LogP contribution in [0.5, 0.6) is 0 Å². The molecule has 0 atom stereocenters. The van der Waals surface area contributed by atoms with Gasteiger partial charge >= 0.3 is 5.97 Å². The highest BCUT2D eigenvalue weighted by Gasteiger charge is 2.29. The summed E-state index contributed by atoms with van der Waals surface area (Å²) in [5, 5.41) is 20.9. The molecular formula is C8H15NO4. The van der Waals surface area contributed by atoms with Crippen molar-refractivity contribution in [3.8, 4) is 0 Å². The highest BCUT2D eigenvalue weighted by molar-refractivity contribution is 5.68. The molecule has 1 rings (SSSR count). The third-order valence-corrected chi connectivity index (χ3v) is 2.15. The average molecular weight is 189 g/mol. The van der Waals surface area contributed by atoms with Gasteiger partial charge in [0, 0.05) is 32.6 Å². The molecule has 13 heavy (non-hydrogen) atoms. The van der Waals surface area contributed by atoms with Crippen molar-refractivity contribution in [2.75, 3.05) is 26.3 Å². The Morgan fingerprint density at radius 1 is 1.46 bits per heavy atom. The molecule has 0 unspecified atom stereocenters. The molecule has 76 valence electrons. The van der Waals surface area contributed by atoms with E-state index in [9.17, 15) is 9.90 Å². The maximum absolute atomic E-state index is 10.2. The molecule has 0 saturated carbocycles. The smallest absolute Gasteiger partial charge is 0.317 e. The molecule has 0 aromatic carbocycles. The lowest BCUT2D eigenvalue weighted by molar-refractivity contribution is -0.136. The molecule has 0 amide bonds. The Labute approximate surface area is 76.7 Å². The topological polar surface area (TPSA) is 78.8 Å². The van der Waals surface area contributed by atoms with Gasteiger partial charge in [-0.3, -0.25) is 4.79 Å². The predicted molar refractivity (Wildman–Crippen MR) is 45.5 cm³/mol. The average Bonchev–Trinajstić information content (AvgIpc) is 2.04. The van der Waals surface area contributed by atoms with E-state index >= 15 is 0 Å². The Kier molecular flexibility index (Phi) is 3.65. The van der Waals surface area contributed by atoms with Crippen molar-refractivity contribution in [2.24, 2.45) is 0 Å². The summed E-state index contributed by atoms with van der Waals surface area (Å²) in [6.07, 6.45) is 1.14. The zero-order valence-corrected chi connectivity index (χ0v) is 7.45. The van der Waals surface area contributed by atoms with Crippen LogP contribution in [0.15, 0.2) is 0 Å². The van der Waals surface area contributed by atoms with E-state index in [-0.39, 0.29) is 6.54 Å². The molecule has 1 heterocycles. The first-order valence-electron chi connectivity index (χ1n) is 4.35. The van der Waals surface area contributed by atoms with Crippen LogP contribution in [0.4, 0.5) is 0 Å². The van der Waals surface area contributed by atoms with Crippen molar-refractivity contribution in [2.45, 2.75) is 18.4 Å². The van der Waals surface area contributed by atoms with Gasteiger partial charge in [0.25, 0.3) is 0 Å². The minimum atomic E-state index is -0.907. The molecular weight excluding hydrogens is 174 g/mol. The van der Waals surface area contributed by atoms with Gasteiger partial charge in [0.2, 0.25) is 0 Å². The number of aliphatic carboxylic acids is 1. The van der Waals surface area contributed by atoms with Gasteiger partial charge < -0.3 is 20.3 Å². The molecule has 3 N–H and O–H groups in total. The zero-order valence-electron chi connectivity index (χ0n) is 7.45. The number of carbonyl (C=O) groups is 1. The summed E-state index contributed by atoms with van der Waals surface area (Å²) in [6.45, 7) is 1.31. The molecule has 5 nitrogen and oxygen atoms in total. The van der Waals surface area contributed by atoms with Gasteiger partial charge in [0.15, 0.2) is 0 Å². The van der Waals surface area contributed by atoms with Crippen LogP contribution in [0, 0.1) is 0 Å². The van der Waals surface area contributed by atoms with Crippen LogP contribution in [-0.2, 0) is 9.53 Å². The van der Waals surface area contributed by atoms with Crippen molar-refractivity contribution in [3.05, 3.63) is 0 Å². The normalized spacial score (nSPS) is 21.3. The fraction of sp³-hybridized carbons (Fsp3) is 0.875. The van der Waals surface area contributed by atoms with Gasteiger partial charge in [-0.05, 0) is 0 Å². The third kappa shape index (κ3) is 3.71. The maximum Gasteiger partial charge on any atom is 0.317 e. The summed E-state index contributed by atoms with van der Waals surface area (Å²) in [5.74, 6) is -0.907. The van der Waals surface area contributed by atoms with Crippen LogP contribution in [0.1, 0.15) is 12.8 Å². The van der Waals surface area contributed by atoms with Crippen LogP contribution in [0.25, 0.3) is 0 Å². The number of carboxylic acids is 1. The summed E-state index contributed by atoms with van der Waals surface area (Å²) in [4.78, 5) is 10.2. The number of rotatable bonds is 4. The van der Waals surface area contributed by atoms with Crippen molar-refractivity contribution in [3.63, 3.8) is 0 Å². The second kappa shape index (κ2) is 4.55. The maximum atomic E-state index is 10.2. The largest absolute Gasteiger partial charge is 0.480 e. The number of nitrogens with one attached hydrogen (secondary N) is 1. The van der Waals surface area contributed by atoms with Gasteiger partial charge in [0.1, 0.15) is 0 Å². The van der Waals surface area contributed by atoms with E-state index in [0.717, 1.165) is 0 Å². The molecule has 1 saturated heterocycles. The highest BCUT2D eigenvalue weighted by atomic mass is 16.5. The van der Waals surface area contributed by atoms with Crippen LogP contribution in [0.3, 0.4) is 0 Å². The number of aliphatic hydroxyl groups is 1. The fourth-order valence-electron chi connectivity index (χ4n) is 1.33. The second-order valence-corrected chi connectivity index (χ2v) is 3.33. The quantitative estimate of drug-likeness (QED) is 0.539. The molecule has 1 fully saturated rings. The van der Waals surface area contributed by atoms with E-state index in [1.165, 1.54) is 0 Å². The Morgan fingerprint density at radius 2 is 2.08 bits per heavy atom. The van der Waals surface area contributed by atoms with E-state index < -0.39 is 11.6 Å². The minimum absolute atomic E-state index is 0.108. The highest BCUT2D eigenvalue weighted by Crippen LogP contribution is 2.18. The minimum Gasteiger partial charge on any atom is -0.480 e. The fourth-order valence-corrected chi connectivity index (χ4v) is 1.33. The Hall–Kier alpha value is -0.650. The van der Waals surface area contributed by atoms with Gasteiger partial charge in [-0.25, -0.2) is 0 Å². The number of ether oxygens (including phenoxy) is 1. The Balaban J connectivity index is 2.21. The van der Waals surface area contributed by atoms with Gasteiger partial charge in [-0.2, -0.15) is 0 Å². The van der Waals surface area contributed by atoms with E-state index in [1.807, 2.05) is 0 Å². The molecule has 0 radical (unpaired) electrons. The summed E-state index contributed by atoms with van der Waals surface area (Å²) in [5.41, 5.74) is -0.784. The first kappa shape index (κ1) is 10.4. The summed E-state index contributed by atoms with van der Waals surface area (Å²) < 4.78 is 5.09. The molecule has 0 bridgehead atoms. The van der Waals surface area contributed by atoms with E-state index in [2.05, 4.69) is 5.32 Å². The first-order valence-corrected chi connectivity index (χ1v) is 4.35. The summed E-state index contributed by atoms with van der Waals surface area (Å²) in [7, 11) is 0. The molecule has 1 aliphatic heterocycles. The Bertz CT molecular complexity index is 177. The molecule has 0 spiro atoms. The van der Waals surface area contributed by atoms with E-state index in [4.69, 9.17) is 9.84 Å². The van der Waals surface area contributed by atoms with Crippen LogP contribution in [-0.4, -0.2) is 48.1 Å². The first-order chi connectivity index (χ1) is 6.12. The third-order valence-electron chi connectivity index (χ3n) is 2.15. The summed E-state index contributed by atoms with van der Waals surface area (Å²) >= 11 is 0. The molecule has 1 aliphatic rings. The van der Waals surface area contributed by atoms with Crippen molar-refractivity contribution in [1.29, 1.82) is 0 Å². The van der Waals surface area contributed by atoms with Crippen LogP contribution >= 0.6 is 0 Å². The number of hydrogen-bond acceptors (Lipinski definition) is 4. The van der Waals surface area contributed by atoms with Gasteiger partial charge in [0.05, 0.1) is 12.1 Å². The SMILES string of the molecule is O=C(O)CNCC1(O)CCOCC1. The van der Waals surface area contributed by atoms with Crippen molar-refractivity contribution in [1.82, 2.24) is 5.32 Å².